The van der Waals surface area contributed by atoms with E-state index in [1.165, 1.54) is 7.11 Å². The molecule has 5 heteroatoms. The molecule has 0 spiro atoms. The molecule has 198 valence electrons. The van der Waals surface area contributed by atoms with Crippen LogP contribution in [0.4, 0.5) is 0 Å². The van der Waals surface area contributed by atoms with Crippen LogP contribution in [0, 0.1) is 0 Å². The summed E-state index contributed by atoms with van der Waals surface area (Å²) in [6.07, 6.45) is 4.01. The molecule has 6 rings (SSSR count). The summed E-state index contributed by atoms with van der Waals surface area (Å²) in [6.45, 7) is 0. The third-order valence-corrected chi connectivity index (χ3v) is 7.43. The number of hydrogen-bond donors (Lipinski definition) is 0. The first-order valence-corrected chi connectivity index (χ1v) is 13.0. The number of carbonyl (C=O) groups is 1. The SMILES string of the molecule is COC(=O)c1c2c(c3cc(OC)ccc3c1-c1ccc(OC)cc1)OC(c1ccccc1)(c1ccccc1)C=C2. The van der Waals surface area contributed by atoms with E-state index in [-0.39, 0.29) is 0 Å². The molecule has 1 aliphatic heterocycles. The van der Waals surface area contributed by atoms with Crippen LogP contribution in [0.1, 0.15) is 27.0 Å². The number of rotatable bonds is 6. The quantitative estimate of drug-likeness (QED) is 0.212. The van der Waals surface area contributed by atoms with Crippen LogP contribution in [0.3, 0.4) is 0 Å². The first kappa shape index (κ1) is 25.3. The van der Waals surface area contributed by atoms with Crippen molar-refractivity contribution in [2.24, 2.45) is 0 Å². The number of ether oxygens (including phenoxy) is 4. The summed E-state index contributed by atoms with van der Waals surface area (Å²) in [4.78, 5) is 13.5. The first-order valence-electron chi connectivity index (χ1n) is 13.0. The zero-order chi connectivity index (χ0) is 27.7. The Balaban J connectivity index is 1.71. The maximum Gasteiger partial charge on any atom is 0.339 e. The molecule has 40 heavy (non-hydrogen) atoms. The fourth-order valence-corrected chi connectivity index (χ4v) is 5.47. The summed E-state index contributed by atoms with van der Waals surface area (Å²) in [6, 6.07) is 33.7. The van der Waals surface area contributed by atoms with Crippen molar-refractivity contribution in [3.05, 3.63) is 131 Å². The third-order valence-electron chi connectivity index (χ3n) is 7.43. The molecule has 0 atom stereocenters. The number of carbonyl (C=O) groups excluding carboxylic acids is 1. The van der Waals surface area contributed by atoms with Gasteiger partial charge in [0.1, 0.15) is 17.2 Å². The number of hydrogen-bond acceptors (Lipinski definition) is 5. The number of fused-ring (bicyclic) bond motifs is 3. The molecule has 0 aliphatic carbocycles. The fourth-order valence-electron chi connectivity index (χ4n) is 5.47. The molecular formula is C35H28O5. The number of esters is 1. The van der Waals surface area contributed by atoms with Crippen molar-refractivity contribution in [2.45, 2.75) is 5.60 Å². The molecular weight excluding hydrogens is 500 g/mol. The molecule has 0 fully saturated rings. The van der Waals surface area contributed by atoms with Crippen LogP contribution in [-0.2, 0) is 10.3 Å². The van der Waals surface area contributed by atoms with E-state index in [2.05, 4.69) is 24.3 Å². The van der Waals surface area contributed by atoms with Crippen molar-refractivity contribution < 1.29 is 23.7 Å². The highest BCUT2D eigenvalue weighted by molar-refractivity contribution is 6.14. The minimum Gasteiger partial charge on any atom is -0.497 e. The van der Waals surface area contributed by atoms with E-state index in [1.807, 2.05) is 91.0 Å². The predicted molar refractivity (Wildman–Crippen MR) is 157 cm³/mol. The van der Waals surface area contributed by atoms with E-state index < -0.39 is 11.6 Å². The Morgan fingerprint density at radius 1 is 0.700 bits per heavy atom. The lowest BCUT2D eigenvalue weighted by molar-refractivity contribution is 0.0600. The largest absolute Gasteiger partial charge is 0.497 e. The lowest BCUT2D eigenvalue weighted by atomic mass is 9.81. The van der Waals surface area contributed by atoms with Gasteiger partial charge < -0.3 is 18.9 Å². The minimum absolute atomic E-state index is 0.436. The van der Waals surface area contributed by atoms with E-state index in [9.17, 15) is 4.79 Å². The van der Waals surface area contributed by atoms with Gasteiger partial charge in [-0.15, -0.1) is 0 Å². The van der Waals surface area contributed by atoms with Gasteiger partial charge in [0.15, 0.2) is 5.60 Å². The summed E-state index contributed by atoms with van der Waals surface area (Å²) in [5.41, 5.74) is 3.73. The second-order valence-corrected chi connectivity index (χ2v) is 9.53. The van der Waals surface area contributed by atoms with Gasteiger partial charge in [-0.1, -0.05) is 72.8 Å². The van der Waals surface area contributed by atoms with Crippen LogP contribution in [-0.4, -0.2) is 27.3 Å². The van der Waals surface area contributed by atoms with Crippen molar-refractivity contribution in [1.29, 1.82) is 0 Å². The van der Waals surface area contributed by atoms with Crippen LogP contribution in [0.15, 0.2) is 109 Å². The van der Waals surface area contributed by atoms with Gasteiger partial charge in [-0.25, -0.2) is 4.79 Å². The Morgan fingerprint density at radius 3 is 1.88 bits per heavy atom. The van der Waals surface area contributed by atoms with E-state index in [0.29, 0.717) is 22.6 Å². The van der Waals surface area contributed by atoms with Gasteiger partial charge >= 0.3 is 5.97 Å². The highest BCUT2D eigenvalue weighted by Crippen LogP contribution is 2.50. The number of methoxy groups -OCH3 is 3. The van der Waals surface area contributed by atoms with Crippen molar-refractivity contribution in [2.75, 3.05) is 21.3 Å². The van der Waals surface area contributed by atoms with E-state index in [4.69, 9.17) is 18.9 Å². The first-order chi connectivity index (χ1) is 19.6. The fraction of sp³-hybridized carbons (Fsp3) is 0.114. The van der Waals surface area contributed by atoms with Crippen molar-refractivity contribution in [3.63, 3.8) is 0 Å². The minimum atomic E-state index is -0.916. The summed E-state index contributed by atoms with van der Waals surface area (Å²) in [5, 5.41) is 1.67. The molecule has 5 nitrogen and oxygen atoms in total. The Bertz CT molecular complexity index is 1680. The van der Waals surface area contributed by atoms with Gasteiger partial charge in [-0.2, -0.15) is 0 Å². The highest BCUT2D eigenvalue weighted by atomic mass is 16.5. The van der Waals surface area contributed by atoms with Crippen molar-refractivity contribution >= 4 is 22.8 Å². The Morgan fingerprint density at radius 2 is 1.30 bits per heavy atom. The Labute approximate surface area is 233 Å². The summed E-state index contributed by atoms with van der Waals surface area (Å²) in [5.74, 6) is 1.55. The molecule has 0 saturated carbocycles. The van der Waals surface area contributed by atoms with Gasteiger partial charge in [-0.05, 0) is 53.4 Å². The molecule has 0 amide bonds. The monoisotopic (exact) mass is 528 g/mol. The summed E-state index contributed by atoms with van der Waals surface area (Å²) < 4.78 is 23.5. The van der Waals surface area contributed by atoms with Gasteiger partial charge in [-0.3, -0.25) is 0 Å². The molecule has 0 N–H and O–H groups in total. The Hall–Kier alpha value is -5.03. The average molecular weight is 529 g/mol. The van der Waals surface area contributed by atoms with Gasteiger partial charge in [0.25, 0.3) is 0 Å². The van der Waals surface area contributed by atoms with Gasteiger partial charge in [0.05, 0.1) is 26.9 Å². The molecule has 0 unspecified atom stereocenters. The van der Waals surface area contributed by atoms with Crippen LogP contribution >= 0.6 is 0 Å². The standard InChI is InChI=1S/C35H28O5/c1-37-26-16-14-23(15-17-26)31-28-19-18-27(38-2)22-30(28)33-29(32(31)34(36)39-3)20-21-35(40-33,24-10-6-4-7-11-24)25-12-8-5-9-13-25/h4-22H,1-3H3. The van der Waals surface area contributed by atoms with Crippen LogP contribution in [0.5, 0.6) is 17.2 Å². The van der Waals surface area contributed by atoms with Gasteiger partial charge in [0.2, 0.25) is 0 Å². The smallest absolute Gasteiger partial charge is 0.339 e. The van der Waals surface area contributed by atoms with Crippen molar-refractivity contribution in [3.8, 4) is 28.4 Å². The molecule has 0 bridgehead atoms. The second kappa shape index (κ2) is 10.3. The normalized spacial score (nSPS) is 13.3. The predicted octanol–water partition coefficient (Wildman–Crippen LogP) is 7.66. The second-order valence-electron chi connectivity index (χ2n) is 9.53. The van der Waals surface area contributed by atoms with E-state index >= 15 is 0 Å². The zero-order valence-corrected chi connectivity index (χ0v) is 22.5. The number of benzene rings is 5. The molecule has 0 saturated heterocycles. The maximum absolute atomic E-state index is 13.5. The van der Waals surface area contributed by atoms with E-state index in [1.54, 1.807) is 14.2 Å². The molecule has 1 aliphatic rings. The summed E-state index contributed by atoms with van der Waals surface area (Å²) >= 11 is 0. The molecule has 0 radical (unpaired) electrons. The molecule has 1 heterocycles. The highest BCUT2D eigenvalue weighted by Gasteiger charge is 2.39. The summed E-state index contributed by atoms with van der Waals surface area (Å²) in [7, 11) is 4.67. The average Bonchev–Trinajstić information content (AvgIpc) is 3.04. The van der Waals surface area contributed by atoms with Gasteiger partial charge in [0, 0.05) is 27.6 Å². The van der Waals surface area contributed by atoms with Crippen LogP contribution in [0.25, 0.3) is 28.0 Å². The third kappa shape index (κ3) is 4.07. The molecule has 0 aromatic heterocycles. The topological polar surface area (TPSA) is 54.0 Å². The van der Waals surface area contributed by atoms with Crippen molar-refractivity contribution in [1.82, 2.24) is 0 Å². The van der Waals surface area contributed by atoms with E-state index in [0.717, 1.165) is 38.8 Å². The Kier molecular flexibility index (Phi) is 6.48. The lowest BCUT2D eigenvalue weighted by Crippen LogP contribution is -2.34. The van der Waals surface area contributed by atoms with Crippen LogP contribution < -0.4 is 14.2 Å². The maximum atomic E-state index is 13.5. The molecule has 5 aromatic rings. The van der Waals surface area contributed by atoms with Crippen LogP contribution in [0.2, 0.25) is 0 Å². The molecule has 5 aromatic carbocycles. The lowest BCUT2D eigenvalue weighted by Gasteiger charge is -2.37. The zero-order valence-electron chi connectivity index (χ0n) is 22.5.